The van der Waals surface area contributed by atoms with E-state index in [1.807, 2.05) is 7.05 Å². The Morgan fingerprint density at radius 1 is 1.67 bits per heavy atom. The second kappa shape index (κ2) is 2.27. The van der Waals surface area contributed by atoms with Gasteiger partial charge in [-0.25, -0.2) is 0 Å². The van der Waals surface area contributed by atoms with Gasteiger partial charge in [-0.2, -0.15) is 0 Å². The molecule has 0 aromatic carbocycles. The summed E-state index contributed by atoms with van der Waals surface area (Å²) in [4.78, 5) is 0. The molecule has 2 nitrogen and oxygen atoms in total. The zero-order chi connectivity index (χ0) is 6.91. The molecule has 0 atom stereocenters. The number of hydrogen-bond acceptors (Lipinski definition) is 2. The van der Waals surface area contributed by atoms with E-state index in [0.29, 0.717) is 0 Å². The molecular formula is C7H15NO. The van der Waals surface area contributed by atoms with Crippen molar-refractivity contribution >= 4 is 0 Å². The lowest BCUT2D eigenvalue weighted by Gasteiger charge is -2.41. The molecule has 0 aromatic heterocycles. The van der Waals surface area contributed by atoms with E-state index >= 15 is 0 Å². The van der Waals surface area contributed by atoms with Crippen molar-refractivity contribution in [3.05, 3.63) is 0 Å². The van der Waals surface area contributed by atoms with E-state index in [-0.39, 0.29) is 5.60 Å². The van der Waals surface area contributed by atoms with Gasteiger partial charge in [-0.1, -0.05) is 6.92 Å². The van der Waals surface area contributed by atoms with Crippen molar-refractivity contribution in [3.63, 3.8) is 0 Å². The van der Waals surface area contributed by atoms with Crippen LogP contribution in [0.2, 0.25) is 0 Å². The summed E-state index contributed by atoms with van der Waals surface area (Å²) >= 11 is 0. The van der Waals surface area contributed by atoms with E-state index in [9.17, 15) is 5.11 Å². The lowest BCUT2D eigenvalue weighted by Crippen LogP contribution is -2.49. The predicted molar refractivity (Wildman–Crippen MR) is 37.3 cm³/mol. The summed E-state index contributed by atoms with van der Waals surface area (Å²) < 4.78 is 0. The fourth-order valence-electron chi connectivity index (χ4n) is 1.71. The lowest BCUT2D eigenvalue weighted by molar-refractivity contribution is -0.0639. The Morgan fingerprint density at radius 3 is 2.56 bits per heavy atom. The molecule has 1 fully saturated rings. The molecule has 0 aliphatic heterocycles. The van der Waals surface area contributed by atoms with Crippen molar-refractivity contribution < 1.29 is 5.11 Å². The van der Waals surface area contributed by atoms with Crippen LogP contribution >= 0.6 is 0 Å². The number of likely N-dealkylation sites (N-methyl/N-ethyl adjacent to an activating group) is 1. The average Bonchev–Trinajstić information content (AvgIpc) is 1.62. The first-order valence-electron chi connectivity index (χ1n) is 3.53. The van der Waals surface area contributed by atoms with Crippen molar-refractivity contribution in [1.82, 2.24) is 5.32 Å². The first kappa shape index (κ1) is 7.03. The van der Waals surface area contributed by atoms with Crippen LogP contribution in [0, 0.1) is 5.92 Å². The van der Waals surface area contributed by atoms with E-state index in [4.69, 9.17) is 0 Å². The molecule has 2 heteroatoms. The predicted octanol–water partition coefficient (Wildman–Crippen LogP) is 0.367. The number of nitrogens with one attached hydrogen (secondary N) is 1. The van der Waals surface area contributed by atoms with Crippen molar-refractivity contribution in [2.45, 2.75) is 25.4 Å². The van der Waals surface area contributed by atoms with E-state index in [0.717, 1.165) is 25.3 Å². The summed E-state index contributed by atoms with van der Waals surface area (Å²) in [6, 6.07) is 0. The Labute approximate surface area is 56.3 Å². The molecule has 0 saturated heterocycles. The zero-order valence-corrected chi connectivity index (χ0v) is 6.15. The van der Waals surface area contributed by atoms with Gasteiger partial charge in [0.15, 0.2) is 0 Å². The van der Waals surface area contributed by atoms with Crippen LogP contribution in [0.4, 0.5) is 0 Å². The molecule has 1 rings (SSSR count). The van der Waals surface area contributed by atoms with Crippen LogP contribution in [0.5, 0.6) is 0 Å². The molecule has 1 aliphatic rings. The molecule has 0 heterocycles. The molecule has 1 aliphatic carbocycles. The summed E-state index contributed by atoms with van der Waals surface area (Å²) in [6.07, 6.45) is 1.93. The van der Waals surface area contributed by atoms with Gasteiger partial charge in [-0.05, 0) is 25.8 Å². The van der Waals surface area contributed by atoms with Crippen LogP contribution in [0.15, 0.2) is 0 Å². The minimum atomic E-state index is -0.367. The molecule has 9 heavy (non-hydrogen) atoms. The van der Waals surface area contributed by atoms with Gasteiger partial charge in [0, 0.05) is 6.54 Å². The van der Waals surface area contributed by atoms with Gasteiger partial charge >= 0.3 is 0 Å². The van der Waals surface area contributed by atoms with Gasteiger partial charge in [0.05, 0.1) is 5.60 Å². The van der Waals surface area contributed by atoms with Gasteiger partial charge < -0.3 is 10.4 Å². The van der Waals surface area contributed by atoms with Gasteiger partial charge in [0.2, 0.25) is 0 Å². The van der Waals surface area contributed by atoms with E-state index in [2.05, 4.69) is 12.2 Å². The number of aliphatic hydroxyl groups is 1. The summed E-state index contributed by atoms with van der Waals surface area (Å²) in [6.45, 7) is 2.92. The van der Waals surface area contributed by atoms with Crippen molar-refractivity contribution in [2.75, 3.05) is 13.6 Å². The van der Waals surface area contributed by atoms with E-state index in [1.54, 1.807) is 0 Å². The van der Waals surface area contributed by atoms with Gasteiger partial charge in [-0.15, -0.1) is 0 Å². The van der Waals surface area contributed by atoms with Crippen LogP contribution in [0.25, 0.3) is 0 Å². The maximum absolute atomic E-state index is 9.52. The van der Waals surface area contributed by atoms with Crippen molar-refractivity contribution in [2.24, 2.45) is 5.92 Å². The van der Waals surface area contributed by atoms with Gasteiger partial charge in [0.25, 0.3) is 0 Å². The highest BCUT2D eigenvalue weighted by atomic mass is 16.3. The second-order valence-corrected chi connectivity index (χ2v) is 3.27. The maximum Gasteiger partial charge on any atom is 0.0776 e. The topological polar surface area (TPSA) is 32.3 Å². The molecule has 1 saturated carbocycles. The maximum atomic E-state index is 9.52. The van der Waals surface area contributed by atoms with Crippen molar-refractivity contribution in [1.29, 1.82) is 0 Å². The minimum absolute atomic E-state index is 0.367. The number of hydrogen-bond donors (Lipinski definition) is 2. The average molecular weight is 129 g/mol. The highest BCUT2D eigenvalue weighted by Crippen LogP contribution is 2.36. The largest absolute Gasteiger partial charge is 0.389 e. The highest BCUT2D eigenvalue weighted by Gasteiger charge is 2.38. The molecule has 0 unspecified atom stereocenters. The third kappa shape index (κ3) is 1.43. The summed E-state index contributed by atoms with van der Waals surface area (Å²) in [5, 5.41) is 12.5. The summed E-state index contributed by atoms with van der Waals surface area (Å²) in [7, 11) is 1.88. The molecule has 54 valence electrons. The summed E-state index contributed by atoms with van der Waals surface area (Å²) in [5.41, 5.74) is -0.367. The minimum Gasteiger partial charge on any atom is -0.389 e. The third-order valence-electron chi connectivity index (χ3n) is 1.96. The van der Waals surface area contributed by atoms with Crippen LogP contribution < -0.4 is 5.32 Å². The Hall–Kier alpha value is -0.0800. The highest BCUT2D eigenvalue weighted by molar-refractivity contribution is 4.93. The number of rotatable bonds is 2. The first-order valence-corrected chi connectivity index (χ1v) is 3.53. The summed E-state index contributed by atoms with van der Waals surface area (Å²) in [5.74, 6) is 0.725. The van der Waals surface area contributed by atoms with Crippen LogP contribution in [0.1, 0.15) is 19.8 Å². The zero-order valence-electron chi connectivity index (χ0n) is 6.15. The second-order valence-electron chi connectivity index (χ2n) is 3.27. The van der Waals surface area contributed by atoms with Crippen LogP contribution in [0.3, 0.4) is 0 Å². The first-order chi connectivity index (χ1) is 4.16. The normalized spacial score (nSPS) is 42.3. The Morgan fingerprint density at radius 2 is 2.22 bits per heavy atom. The smallest absolute Gasteiger partial charge is 0.0776 e. The molecular weight excluding hydrogens is 114 g/mol. The SMILES string of the molecule is CNCC1(O)CC(C)C1. The van der Waals surface area contributed by atoms with Crippen LogP contribution in [-0.2, 0) is 0 Å². The van der Waals surface area contributed by atoms with E-state index in [1.165, 1.54) is 0 Å². The molecule has 0 bridgehead atoms. The fourth-order valence-corrected chi connectivity index (χ4v) is 1.71. The molecule has 0 amide bonds. The molecule has 0 spiro atoms. The quantitative estimate of drug-likeness (QED) is 0.564. The fraction of sp³-hybridized carbons (Fsp3) is 1.00. The van der Waals surface area contributed by atoms with E-state index < -0.39 is 0 Å². The molecule has 0 aromatic rings. The van der Waals surface area contributed by atoms with Gasteiger partial charge in [-0.3, -0.25) is 0 Å². The Kier molecular flexibility index (Phi) is 1.78. The van der Waals surface area contributed by atoms with Gasteiger partial charge in [0.1, 0.15) is 0 Å². The third-order valence-corrected chi connectivity index (χ3v) is 1.96. The standard InChI is InChI=1S/C7H15NO/c1-6-3-7(9,4-6)5-8-2/h6,8-9H,3-5H2,1-2H3. The monoisotopic (exact) mass is 129 g/mol. The molecule has 0 radical (unpaired) electrons. The van der Waals surface area contributed by atoms with Crippen molar-refractivity contribution in [3.8, 4) is 0 Å². The Bertz CT molecular complexity index is 91.6. The Balaban J connectivity index is 2.23. The molecule has 2 N–H and O–H groups in total. The lowest BCUT2D eigenvalue weighted by atomic mass is 9.72. The van der Waals surface area contributed by atoms with Crippen LogP contribution in [-0.4, -0.2) is 24.3 Å².